The van der Waals surface area contributed by atoms with Crippen LogP contribution in [0.2, 0.25) is 0 Å². The highest BCUT2D eigenvalue weighted by Gasteiger charge is 2.15. The minimum atomic E-state index is -0.290. The van der Waals surface area contributed by atoms with Crippen molar-refractivity contribution in [2.75, 3.05) is 0 Å². The van der Waals surface area contributed by atoms with Crippen LogP contribution in [-0.4, -0.2) is 15.7 Å². The fourth-order valence-corrected chi connectivity index (χ4v) is 2.17. The number of benzene rings is 1. The van der Waals surface area contributed by atoms with E-state index in [1.54, 1.807) is 23.0 Å². The summed E-state index contributed by atoms with van der Waals surface area (Å²) in [5.41, 5.74) is 1.33. The highest BCUT2D eigenvalue weighted by atomic mass is 79.9. The second-order valence-corrected chi connectivity index (χ2v) is 4.82. The van der Waals surface area contributed by atoms with E-state index in [2.05, 4.69) is 26.3 Å². The smallest absolute Gasteiger partial charge is 0.270 e. The molecule has 0 unspecified atom stereocenters. The lowest BCUT2D eigenvalue weighted by Crippen LogP contribution is -2.26. The SMILES string of the molecule is CCn1ncc(Br)c1C(=O)NCc1ccc(F)cc1. The fourth-order valence-electron chi connectivity index (χ4n) is 1.70. The van der Waals surface area contributed by atoms with Crippen LogP contribution >= 0.6 is 15.9 Å². The number of carbonyl (C=O) groups is 1. The fraction of sp³-hybridized carbons (Fsp3) is 0.231. The third kappa shape index (κ3) is 3.20. The molecule has 0 bridgehead atoms. The van der Waals surface area contributed by atoms with Crippen LogP contribution in [0.15, 0.2) is 34.9 Å². The molecular weight excluding hydrogens is 313 g/mol. The number of carbonyl (C=O) groups excluding carboxylic acids is 1. The van der Waals surface area contributed by atoms with E-state index < -0.39 is 0 Å². The van der Waals surface area contributed by atoms with Crippen molar-refractivity contribution < 1.29 is 9.18 Å². The summed E-state index contributed by atoms with van der Waals surface area (Å²) in [6.07, 6.45) is 1.59. The topological polar surface area (TPSA) is 46.9 Å². The van der Waals surface area contributed by atoms with Gasteiger partial charge in [0.25, 0.3) is 5.91 Å². The van der Waals surface area contributed by atoms with Gasteiger partial charge in [0.2, 0.25) is 0 Å². The average molecular weight is 326 g/mol. The van der Waals surface area contributed by atoms with Crippen molar-refractivity contribution in [1.29, 1.82) is 0 Å². The van der Waals surface area contributed by atoms with Crippen molar-refractivity contribution >= 4 is 21.8 Å². The molecular formula is C13H13BrFN3O. The van der Waals surface area contributed by atoms with Crippen LogP contribution in [0, 0.1) is 5.82 Å². The number of aryl methyl sites for hydroxylation is 1. The summed E-state index contributed by atoms with van der Waals surface area (Å²) < 4.78 is 15.0. The molecule has 2 aromatic rings. The third-order valence-corrected chi connectivity index (χ3v) is 3.26. The molecule has 4 nitrogen and oxygen atoms in total. The van der Waals surface area contributed by atoms with Crippen LogP contribution in [-0.2, 0) is 13.1 Å². The molecule has 2 rings (SSSR count). The van der Waals surface area contributed by atoms with Crippen LogP contribution in [0.25, 0.3) is 0 Å². The lowest BCUT2D eigenvalue weighted by atomic mass is 10.2. The Bertz CT molecular complexity index is 580. The molecule has 0 saturated heterocycles. The Balaban J connectivity index is 2.05. The predicted molar refractivity (Wildman–Crippen MR) is 73.2 cm³/mol. The number of nitrogens with zero attached hydrogens (tertiary/aromatic N) is 2. The van der Waals surface area contributed by atoms with Crippen molar-refractivity contribution in [3.05, 3.63) is 52.0 Å². The Morgan fingerprint density at radius 1 is 1.42 bits per heavy atom. The molecule has 1 N–H and O–H groups in total. The first-order valence-corrected chi connectivity index (χ1v) is 6.65. The lowest BCUT2D eigenvalue weighted by molar-refractivity contribution is 0.0939. The molecule has 0 fully saturated rings. The second kappa shape index (κ2) is 5.97. The van der Waals surface area contributed by atoms with E-state index >= 15 is 0 Å². The molecule has 100 valence electrons. The average Bonchev–Trinajstić information content (AvgIpc) is 2.79. The van der Waals surface area contributed by atoms with Crippen molar-refractivity contribution in [3.8, 4) is 0 Å². The molecule has 0 atom stereocenters. The van der Waals surface area contributed by atoms with Crippen LogP contribution in [0.5, 0.6) is 0 Å². The number of amides is 1. The van der Waals surface area contributed by atoms with Gasteiger partial charge in [0.15, 0.2) is 0 Å². The van der Waals surface area contributed by atoms with Gasteiger partial charge in [-0.05, 0) is 40.5 Å². The standard InChI is InChI=1S/C13H13BrFN3O/c1-2-18-12(11(14)8-17-18)13(19)16-7-9-3-5-10(15)6-4-9/h3-6,8H,2,7H2,1H3,(H,16,19). The molecule has 1 aromatic heterocycles. The molecule has 1 heterocycles. The molecule has 19 heavy (non-hydrogen) atoms. The van der Waals surface area contributed by atoms with E-state index in [-0.39, 0.29) is 11.7 Å². The lowest BCUT2D eigenvalue weighted by Gasteiger charge is -2.07. The van der Waals surface area contributed by atoms with E-state index in [4.69, 9.17) is 0 Å². The van der Waals surface area contributed by atoms with Gasteiger partial charge in [-0.15, -0.1) is 0 Å². The summed E-state index contributed by atoms with van der Waals surface area (Å²) in [4.78, 5) is 12.1. The number of hydrogen-bond donors (Lipinski definition) is 1. The van der Waals surface area contributed by atoms with Crippen molar-refractivity contribution in [2.45, 2.75) is 20.0 Å². The number of aromatic nitrogens is 2. The predicted octanol–water partition coefficient (Wildman–Crippen LogP) is 2.73. The van der Waals surface area contributed by atoms with Crippen molar-refractivity contribution in [1.82, 2.24) is 15.1 Å². The van der Waals surface area contributed by atoms with Gasteiger partial charge in [-0.2, -0.15) is 5.10 Å². The summed E-state index contributed by atoms with van der Waals surface area (Å²) in [5.74, 6) is -0.502. The zero-order chi connectivity index (χ0) is 13.8. The maximum Gasteiger partial charge on any atom is 0.270 e. The number of nitrogens with one attached hydrogen (secondary N) is 1. The molecule has 0 radical (unpaired) electrons. The largest absolute Gasteiger partial charge is 0.347 e. The Labute approximate surface area is 118 Å². The number of hydrogen-bond acceptors (Lipinski definition) is 2. The third-order valence-electron chi connectivity index (χ3n) is 2.68. The number of rotatable bonds is 4. The Morgan fingerprint density at radius 2 is 2.11 bits per heavy atom. The summed E-state index contributed by atoms with van der Waals surface area (Å²) >= 11 is 3.30. The van der Waals surface area contributed by atoms with Crippen LogP contribution in [0.4, 0.5) is 4.39 Å². The Morgan fingerprint density at radius 3 is 2.74 bits per heavy atom. The highest BCUT2D eigenvalue weighted by molar-refractivity contribution is 9.10. The van der Waals surface area contributed by atoms with Gasteiger partial charge >= 0.3 is 0 Å². The minimum absolute atomic E-state index is 0.212. The van der Waals surface area contributed by atoms with Crippen LogP contribution in [0.1, 0.15) is 23.0 Å². The van der Waals surface area contributed by atoms with Crippen LogP contribution < -0.4 is 5.32 Å². The summed E-state index contributed by atoms with van der Waals surface area (Å²) in [7, 11) is 0. The van der Waals surface area contributed by atoms with Crippen molar-refractivity contribution in [2.24, 2.45) is 0 Å². The van der Waals surface area contributed by atoms with Crippen molar-refractivity contribution in [3.63, 3.8) is 0 Å². The van der Waals surface area contributed by atoms with Crippen LogP contribution in [0.3, 0.4) is 0 Å². The maximum atomic E-state index is 12.8. The zero-order valence-electron chi connectivity index (χ0n) is 10.4. The number of halogens is 2. The monoisotopic (exact) mass is 325 g/mol. The zero-order valence-corrected chi connectivity index (χ0v) is 11.9. The van der Waals surface area contributed by atoms with E-state index in [9.17, 15) is 9.18 Å². The molecule has 0 aliphatic carbocycles. The van der Waals surface area contributed by atoms with E-state index in [0.717, 1.165) is 5.56 Å². The van der Waals surface area contributed by atoms with Gasteiger partial charge in [-0.1, -0.05) is 12.1 Å². The first-order valence-electron chi connectivity index (χ1n) is 5.85. The van der Waals surface area contributed by atoms with Gasteiger partial charge < -0.3 is 5.32 Å². The van der Waals surface area contributed by atoms with Gasteiger partial charge in [0, 0.05) is 13.1 Å². The van der Waals surface area contributed by atoms with E-state index in [0.29, 0.717) is 23.3 Å². The van der Waals surface area contributed by atoms with Gasteiger partial charge in [0.05, 0.1) is 10.7 Å². The van der Waals surface area contributed by atoms with E-state index in [1.165, 1.54) is 12.1 Å². The molecule has 0 saturated carbocycles. The minimum Gasteiger partial charge on any atom is -0.347 e. The Hall–Kier alpha value is -1.69. The van der Waals surface area contributed by atoms with Gasteiger partial charge in [-0.3, -0.25) is 9.48 Å². The highest BCUT2D eigenvalue weighted by Crippen LogP contribution is 2.16. The Kier molecular flexibility index (Phi) is 4.31. The first-order chi connectivity index (χ1) is 9.11. The van der Waals surface area contributed by atoms with Gasteiger partial charge in [0.1, 0.15) is 11.5 Å². The van der Waals surface area contributed by atoms with E-state index in [1.807, 2.05) is 6.92 Å². The normalized spacial score (nSPS) is 10.5. The second-order valence-electron chi connectivity index (χ2n) is 3.97. The molecule has 0 spiro atoms. The molecule has 0 aliphatic heterocycles. The molecule has 6 heteroatoms. The summed E-state index contributed by atoms with van der Waals surface area (Å²) in [6, 6.07) is 6.02. The molecule has 1 aromatic carbocycles. The maximum absolute atomic E-state index is 12.8. The van der Waals surface area contributed by atoms with Gasteiger partial charge in [-0.25, -0.2) is 4.39 Å². The summed E-state index contributed by atoms with van der Waals surface area (Å²) in [5, 5.41) is 6.87. The molecule has 0 aliphatic rings. The quantitative estimate of drug-likeness (QED) is 0.939. The summed E-state index contributed by atoms with van der Waals surface area (Å²) in [6.45, 7) is 2.88. The first kappa shape index (κ1) is 13.7. The molecule has 1 amide bonds.